The third kappa shape index (κ3) is 5.89. The molecule has 2 aromatic heterocycles. The number of ether oxygens (including phenoxy) is 1. The van der Waals surface area contributed by atoms with Crippen molar-refractivity contribution in [2.45, 2.75) is 10.5 Å². The number of anilines is 1. The molecule has 168 valence electrons. The lowest BCUT2D eigenvalue weighted by molar-refractivity contribution is -0.0329. The molecule has 2 N–H and O–H groups in total. The van der Waals surface area contributed by atoms with Gasteiger partial charge < -0.3 is 19.8 Å². The number of rotatable bonds is 6. The maximum absolute atomic E-state index is 13.1. The predicted octanol–water partition coefficient (Wildman–Crippen LogP) is 5.44. The third-order valence-corrected chi connectivity index (χ3v) is 5.66. The van der Waals surface area contributed by atoms with E-state index in [0.717, 1.165) is 0 Å². The van der Waals surface area contributed by atoms with Crippen LogP contribution in [0.15, 0.2) is 52.1 Å². The summed E-state index contributed by atoms with van der Waals surface area (Å²) < 4.78 is 58.7. The molecule has 0 saturated carbocycles. The minimum atomic E-state index is -4.47. The minimum Gasteiger partial charge on any atom is -0.463 e. The average molecular weight is 530 g/mol. The number of carbonyl (C=O) groups is 1. The largest absolute Gasteiger partial charge is 0.463 e. The molecule has 0 radical (unpaired) electrons. The van der Waals surface area contributed by atoms with Crippen LogP contribution in [0.25, 0.3) is 5.52 Å². The molecule has 0 aliphatic heterocycles. The molecule has 3 rings (SSSR count). The lowest BCUT2D eigenvalue weighted by Gasteiger charge is -2.09. The summed E-state index contributed by atoms with van der Waals surface area (Å²) in [5.41, 5.74) is -3.00. The first-order valence-electron chi connectivity index (χ1n) is 9.06. The molecule has 0 bridgehead atoms. The van der Waals surface area contributed by atoms with Crippen LogP contribution < -0.4 is 15.4 Å². The van der Waals surface area contributed by atoms with E-state index in [2.05, 4.69) is 38.4 Å². The Bertz CT molecular complexity index is 1200. The van der Waals surface area contributed by atoms with Crippen molar-refractivity contribution >= 4 is 44.8 Å². The first kappa shape index (κ1) is 23.8. The number of pyridine rings is 1. The molecule has 0 fully saturated rings. The highest BCUT2D eigenvalue weighted by atomic mass is 79.9. The Morgan fingerprint density at radius 3 is 2.75 bits per heavy atom. The Labute approximate surface area is 193 Å². The number of nitrogens with one attached hydrogen (secondary N) is 2. The second-order valence-electron chi connectivity index (χ2n) is 6.26. The van der Waals surface area contributed by atoms with Crippen molar-refractivity contribution in [1.29, 1.82) is 0 Å². The summed E-state index contributed by atoms with van der Waals surface area (Å²) in [7, 11) is 1.46. The van der Waals surface area contributed by atoms with Crippen molar-refractivity contribution in [1.82, 2.24) is 9.72 Å². The fraction of sp³-hybridized carbons (Fsp3) is 0.190. The van der Waals surface area contributed by atoms with Gasteiger partial charge in [-0.3, -0.25) is 4.79 Å². The van der Waals surface area contributed by atoms with Gasteiger partial charge in [0.2, 0.25) is 6.86 Å². The molecule has 0 aliphatic carbocycles. The molecule has 32 heavy (non-hydrogen) atoms. The summed E-state index contributed by atoms with van der Waals surface area (Å²) in [6.45, 7) is -0.996. The summed E-state index contributed by atoms with van der Waals surface area (Å²) in [4.78, 5) is 11.9. The molecular formula is C21H16BrF4N3O2S. The van der Waals surface area contributed by atoms with E-state index in [9.17, 15) is 22.4 Å². The maximum atomic E-state index is 13.1. The number of benzene rings is 1. The number of hydrogen-bond donors (Lipinski definition) is 2. The number of alkyl halides is 4. The van der Waals surface area contributed by atoms with E-state index in [0.29, 0.717) is 15.7 Å². The van der Waals surface area contributed by atoms with E-state index < -0.39 is 12.4 Å². The quantitative estimate of drug-likeness (QED) is 0.253. The van der Waals surface area contributed by atoms with Crippen LogP contribution in [0, 0.1) is 11.8 Å². The number of hydrogen-bond acceptors (Lipinski definition) is 4. The van der Waals surface area contributed by atoms with Gasteiger partial charge in [-0.05, 0) is 46.3 Å². The summed E-state index contributed by atoms with van der Waals surface area (Å²) in [5, 5.41) is 5.37. The van der Waals surface area contributed by atoms with Gasteiger partial charge in [0.05, 0.1) is 17.6 Å². The smallest absolute Gasteiger partial charge is 0.447 e. The van der Waals surface area contributed by atoms with E-state index in [4.69, 9.17) is 4.74 Å². The number of aromatic nitrogens is 1. The van der Waals surface area contributed by atoms with Gasteiger partial charge in [0, 0.05) is 46.8 Å². The van der Waals surface area contributed by atoms with Crippen LogP contribution >= 0.6 is 27.7 Å². The van der Waals surface area contributed by atoms with Crippen LogP contribution in [-0.4, -0.2) is 36.3 Å². The summed E-state index contributed by atoms with van der Waals surface area (Å²) in [6.07, 6.45) is 1.54. The van der Waals surface area contributed by atoms with Crippen LogP contribution in [0.3, 0.4) is 0 Å². The van der Waals surface area contributed by atoms with E-state index in [1.807, 2.05) is 0 Å². The van der Waals surface area contributed by atoms with E-state index in [-0.39, 0.29) is 46.1 Å². The molecule has 11 heteroatoms. The van der Waals surface area contributed by atoms with Gasteiger partial charge in [-0.15, -0.1) is 0 Å². The van der Waals surface area contributed by atoms with Crippen molar-refractivity contribution in [3.8, 4) is 17.6 Å². The minimum absolute atomic E-state index is 0.0402. The molecule has 1 amide bonds. The van der Waals surface area contributed by atoms with Crippen molar-refractivity contribution in [2.75, 3.05) is 25.8 Å². The fourth-order valence-electron chi connectivity index (χ4n) is 2.85. The highest BCUT2D eigenvalue weighted by Crippen LogP contribution is 2.40. The normalized spacial score (nSPS) is 11.1. The lowest BCUT2D eigenvalue weighted by atomic mass is 10.1. The van der Waals surface area contributed by atoms with E-state index in [1.165, 1.54) is 35.8 Å². The molecule has 0 saturated heterocycles. The predicted molar refractivity (Wildman–Crippen MR) is 119 cm³/mol. The molecule has 0 atom stereocenters. The van der Waals surface area contributed by atoms with Gasteiger partial charge in [-0.1, -0.05) is 11.8 Å². The van der Waals surface area contributed by atoms with E-state index in [1.54, 1.807) is 18.2 Å². The molecule has 3 aromatic rings. The number of amides is 1. The molecule has 0 spiro atoms. The Balaban J connectivity index is 1.85. The van der Waals surface area contributed by atoms with Crippen LogP contribution in [0.4, 0.5) is 23.2 Å². The number of fused-ring (bicyclic) bond motifs is 1. The Morgan fingerprint density at radius 1 is 1.28 bits per heavy atom. The third-order valence-electron chi connectivity index (χ3n) is 4.15. The first-order valence-corrected chi connectivity index (χ1v) is 10.7. The van der Waals surface area contributed by atoms with Crippen LogP contribution in [-0.2, 0) is 0 Å². The summed E-state index contributed by atoms with van der Waals surface area (Å²) in [5.74, 6) is 5.31. The number of halogens is 5. The number of carbonyl (C=O) groups excluding carboxylic acids is 1. The van der Waals surface area contributed by atoms with Gasteiger partial charge in [0.25, 0.3) is 5.91 Å². The van der Waals surface area contributed by atoms with Crippen molar-refractivity contribution in [3.05, 3.63) is 58.2 Å². The average Bonchev–Trinajstić information content (AvgIpc) is 3.08. The van der Waals surface area contributed by atoms with Gasteiger partial charge >= 0.3 is 5.51 Å². The van der Waals surface area contributed by atoms with Crippen LogP contribution in [0.1, 0.15) is 15.9 Å². The Hall–Kier alpha value is -2.84. The molecule has 1 aromatic carbocycles. The topological polar surface area (TPSA) is 54.8 Å². The molecular weight excluding hydrogens is 514 g/mol. The second-order valence-corrected chi connectivity index (χ2v) is 8.16. The maximum Gasteiger partial charge on any atom is 0.447 e. The molecule has 2 heterocycles. The Kier molecular flexibility index (Phi) is 7.58. The lowest BCUT2D eigenvalue weighted by Crippen LogP contribution is -2.18. The standard InChI is InChI=1S/C21H16BrF4N3O2S/c1-27-19(30)14-8-15(11-16(9-14)31-12-23)28-6-2-4-13-10-18-17(22)5-3-7-29(18)20(13)32-21(24,25)26/h3,5,7-11,28H,6,12H2,1H3,(H,27,30). The number of nitrogens with zero attached hydrogens (tertiary/aromatic N) is 1. The van der Waals surface area contributed by atoms with Gasteiger partial charge in [0.15, 0.2) is 0 Å². The second kappa shape index (κ2) is 10.2. The van der Waals surface area contributed by atoms with Crippen LogP contribution in [0.5, 0.6) is 5.75 Å². The first-order chi connectivity index (χ1) is 15.2. The van der Waals surface area contributed by atoms with Crippen molar-refractivity contribution < 1.29 is 27.1 Å². The van der Waals surface area contributed by atoms with Crippen LogP contribution in [0.2, 0.25) is 0 Å². The van der Waals surface area contributed by atoms with E-state index >= 15 is 0 Å². The fourth-order valence-corrected chi connectivity index (χ4v) is 4.00. The summed E-state index contributed by atoms with van der Waals surface area (Å²) >= 11 is 3.10. The zero-order valence-electron chi connectivity index (χ0n) is 16.5. The molecule has 0 aliphatic rings. The van der Waals surface area contributed by atoms with Crippen molar-refractivity contribution in [3.63, 3.8) is 0 Å². The summed E-state index contributed by atoms with van der Waals surface area (Å²) in [6, 6.07) is 9.34. The number of thioether (sulfide) groups is 1. The molecule has 0 unspecified atom stereocenters. The monoisotopic (exact) mass is 529 g/mol. The van der Waals surface area contributed by atoms with Gasteiger partial charge in [-0.2, -0.15) is 13.2 Å². The highest BCUT2D eigenvalue weighted by molar-refractivity contribution is 9.10. The van der Waals surface area contributed by atoms with Gasteiger partial charge in [0.1, 0.15) is 10.8 Å². The zero-order valence-corrected chi connectivity index (χ0v) is 18.9. The van der Waals surface area contributed by atoms with Crippen molar-refractivity contribution in [2.24, 2.45) is 0 Å². The SMILES string of the molecule is CNC(=O)c1cc(NCC#Cc2cc3c(Br)cccn3c2SC(F)(F)F)cc(OCF)c1. The zero-order chi connectivity index (χ0) is 23.3. The van der Waals surface area contributed by atoms with Gasteiger partial charge in [-0.25, -0.2) is 4.39 Å². The highest BCUT2D eigenvalue weighted by Gasteiger charge is 2.32. The molecule has 5 nitrogen and oxygen atoms in total. The Morgan fingerprint density at radius 2 is 2.06 bits per heavy atom.